The van der Waals surface area contributed by atoms with E-state index in [1.807, 2.05) is 7.05 Å². The molecule has 38 heavy (non-hydrogen) atoms. The molecule has 3 aliphatic rings. The van der Waals surface area contributed by atoms with Gasteiger partial charge in [0.1, 0.15) is 22.8 Å². The first-order chi connectivity index (χ1) is 17.7. The molecule has 3 aliphatic carbocycles. The lowest BCUT2D eigenvalue weighted by atomic mass is 9.57. The third-order valence-corrected chi connectivity index (χ3v) is 8.96. The number of carbonyl (C=O) groups excluding carboxylic acids is 3. The van der Waals surface area contributed by atoms with Crippen molar-refractivity contribution >= 4 is 34.8 Å². The Labute approximate surface area is 226 Å². The van der Waals surface area contributed by atoms with Crippen LogP contribution in [0, 0.1) is 11.8 Å². The number of fused-ring (bicyclic) bond motifs is 3. The summed E-state index contributed by atoms with van der Waals surface area (Å²) in [5, 5.41) is 45.1. The first kappa shape index (κ1) is 28.1. The van der Waals surface area contributed by atoms with Crippen LogP contribution in [0.3, 0.4) is 0 Å². The van der Waals surface area contributed by atoms with Crippen molar-refractivity contribution in [3.8, 4) is 5.75 Å². The third kappa shape index (κ3) is 3.93. The van der Waals surface area contributed by atoms with E-state index in [2.05, 4.69) is 18.7 Å². The van der Waals surface area contributed by atoms with Gasteiger partial charge in [-0.05, 0) is 70.4 Å². The first-order valence-electron chi connectivity index (χ1n) is 12.6. The molecule has 4 rings (SSSR count). The maximum Gasteiger partial charge on any atom is 0.255 e. The molecule has 0 saturated heterocycles. The van der Waals surface area contributed by atoms with Crippen molar-refractivity contribution in [3.63, 3.8) is 0 Å². The van der Waals surface area contributed by atoms with Crippen molar-refractivity contribution in [1.82, 2.24) is 9.80 Å². The predicted molar refractivity (Wildman–Crippen MR) is 140 cm³/mol. The zero-order valence-corrected chi connectivity index (χ0v) is 22.8. The molecule has 1 unspecified atom stereocenters. The van der Waals surface area contributed by atoms with E-state index in [0.717, 1.165) is 6.42 Å². The van der Waals surface area contributed by atoms with Gasteiger partial charge < -0.3 is 26.2 Å². The fourth-order valence-corrected chi connectivity index (χ4v) is 6.48. The molecule has 1 aromatic carbocycles. The van der Waals surface area contributed by atoms with E-state index in [9.17, 15) is 34.8 Å². The molecule has 206 valence electrons. The van der Waals surface area contributed by atoms with Crippen LogP contribution in [0.5, 0.6) is 5.75 Å². The second kappa shape index (κ2) is 9.68. The molecule has 5 atom stereocenters. The number of phenolic OH excluding ortho intramolecular Hbond substituents is 1. The number of primary amides is 1. The Morgan fingerprint density at radius 1 is 1.24 bits per heavy atom. The number of nitrogens with zero attached hydrogens (tertiary/aromatic N) is 2. The Hall–Kier alpha value is -2.92. The van der Waals surface area contributed by atoms with E-state index in [-0.39, 0.29) is 35.8 Å². The van der Waals surface area contributed by atoms with Crippen molar-refractivity contribution < 1.29 is 34.8 Å². The maximum absolute atomic E-state index is 13.8. The highest BCUT2D eigenvalue weighted by molar-refractivity contribution is 6.32. The summed E-state index contributed by atoms with van der Waals surface area (Å²) in [4.78, 5) is 42.6. The quantitative estimate of drug-likeness (QED) is 0.334. The standard InChI is InChI=1S/C27H34ClN3O7/c1-6-11(2)31(5)10-13-9-16(32)18-14(20(13)28)7-12-8-15-21(30(3)4)23(34)19(26(29)37)25(36)27(15,38)24(35)17(12)22(18)33/h9,11-12,15,21,32-33,36,38H,6-8,10H2,1-5H3,(H2,29,37)/t11-,12+,15+,21+,27?/m1/s1. The number of rotatable bonds is 6. The van der Waals surface area contributed by atoms with Crippen LogP contribution in [-0.4, -0.2) is 86.5 Å². The molecule has 6 N–H and O–H groups in total. The molecule has 1 amide bonds. The van der Waals surface area contributed by atoms with Crippen LogP contribution in [-0.2, 0) is 27.3 Å². The number of likely N-dealkylation sites (N-methyl/N-ethyl adjacent to an activating group) is 1. The minimum atomic E-state index is -2.66. The second-order valence-electron chi connectivity index (χ2n) is 10.9. The molecule has 0 spiro atoms. The molecule has 0 aromatic heterocycles. The Balaban J connectivity index is 1.89. The van der Waals surface area contributed by atoms with Crippen LogP contribution in [0.2, 0.25) is 5.02 Å². The van der Waals surface area contributed by atoms with Gasteiger partial charge in [0.25, 0.3) is 5.91 Å². The zero-order valence-electron chi connectivity index (χ0n) is 22.1. The maximum atomic E-state index is 13.8. The van der Waals surface area contributed by atoms with Gasteiger partial charge >= 0.3 is 0 Å². The summed E-state index contributed by atoms with van der Waals surface area (Å²) in [5.41, 5.74) is 2.74. The molecule has 11 heteroatoms. The number of aliphatic hydroxyl groups is 3. The molecule has 0 bridgehead atoms. The van der Waals surface area contributed by atoms with Crippen LogP contribution in [0.4, 0.5) is 0 Å². The summed E-state index contributed by atoms with van der Waals surface area (Å²) in [5.74, 6) is -6.85. The average Bonchev–Trinajstić information content (AvgIpc) is 2.83. The Morgan fingerprint density at radius 2 is 1.87 bits per heavy atom. The van der Waals surface area contributed by atoms with Crippen LogP contribution < -0.4 is 5.73 Å². The number of hydrogen-bond acceptors (Lipinski definition) is 9. The smallest absolute Gasteiger partial charge is 0.255 e. The number of benzene rings is 1. The molecule has 0 radical (unpaired) electrons. The van der Waals surface area contributed by atoms with Crippen LogP contribution in [0.25, 0.3) is 5.76 Å². The van der Waals surface area contributed by atoms with Crippen LogP contribution in [0.1, 0.15) is 43.4 Å². The van der Waals surface area contributed by atoms with Gasteiger partial charge in [0, 0.05) is 29.1 Å². The van der Waals surface area contributed by atoms with Crippen molar-refractivity contribution in [2.24, 2.45) is 17.6 Å². The molecule has 1 aromatic rings. The zero-order chi connectivity index (χ0) is 28.4. The average molecular weight is 548 g/mol. The van der Waals surface area contributed by atoms with Crippen molar-refractivity contribution in [1.29, 1.82) is 0 Å². The largest absolute Gasteiger partial charge is 0.508 e. The fraction of sp³-hybridized carbons (Fsp3) is 0.519. The number of hydrogen-bond donors (Lipinski definition) is 5. The summed E-state index contributed by atoms with van der Waals surface area (Å²) in [7, 11) is 5.06. The Morgan fingerprint density at radius 3 is 2.42 bits per heavy atom. The van der Waals surface area contributed by atoms with Crippen LogP contribution >= 0.6 is 11.6 Å². The second-order valence-corrected chi connectivity index (χ2v) is 11.2. The van der Waals surface area contributed by atoms with E-state index in [1.54, 1.807) is 14.1 Å². The molecule has 1 fully saturated rings. The van der Waals surface area contributed by atoms with E-state index in [0.29, 0.717) is 22.7 Å². The molecule has 0 heterocycles. The predicted octanol–water partition coefficient (Wildman–Crippen LogP) is 1.85. The highest BCUT2D eigenvalue weighted by Gasteiger charge is 2.64. The number of halogens is 1. The fourth-order valence-electron chi connectivity index (χ4n) is 6.20. The molecule has 0 aliphatic heterocycles. The molecular formula is C27H34ClN3O7. The van der Waals surface area contributed by atoms with Gasteiger partial charge in [0.2, 0.25) is 5.78 Å². The van der Waals surface area contributed by atoms with Crippen molar-refractivity contribution in [2.45, 2.75) is 57.3 Å². The minimum Gasteiger partial charge on any atom is -0.508 e. The van der Waals surface area contributed by atoms with Gasteiger partial charge in [0.05, 0.1) is 11.6 Å². The van der Waals surface area contributed by atoms with E-state index in [4.69, 9.17) is 17.3 Å². The number of amides is 1. The lowest BCUT2D eigenvalue weighted by Crippen LogP contribution is -2.65. The summed E-state index contributed by atoms with van der Waals surface area (Å²) in [6.45, 7) is 4.58. The minimum absolute atomic E-state index is 0.0127. The number of aliphatic hydroxyl groups excluding tert-OH is 2. The number of nitrogens with two attached hydrogens (primary N) is 1. The Bertz CT molecular complexity index is 1300. The van der Waals surface area contributed by atoms with Gasteiger partial charge in [-0.2, -0.15) is 0 Å². The van der Waals surface area contributed by atoms with Crippen molar-refractivity contribution in [3.05, 3.63) is 44.7 Å². The lowest BCUT2D eigenvalue weighted by molar-refractivity contribution is -0.153. The van der Waals surface area contributed by atoms with Crippen LogP contribution in [0.15, 0.2) is 23.0 Å². The number of phenols is 1. The first-order valence-corrected chi connectivity index (χ1v) is 12.9. The number of carbonyl (C=O) groups is 3. The molecular weight excluding hydrogens is 514 g/mol. The van der Waals surface area contributed by atoms with Gasteiger partial charge in [-0.3, -0.25) is 24.2 Å². The summed E-state index contributed by atoms with van der Waals surface area (Å²) in [6.07, 6.45) is 1.08. The van der Waals surface area contributed by atoms with E-state index >= 15 is 0 Å². The SMILES string of the molecule is CC[C@@H](C)N(C)Cc1cc(O)c2c(c1Cl)C[C@H]1C[C@H]3[C@H](N(C)C)C(=O)C(C(N)=O)=C(O)C3(O)C(=O)C1=C2O. The summed E-state index contributed by atoms with van der Waals surface area (Å²) < 4.78 is 0. The molecule has 1 saturated carbocycles. The van der Waals surface area contributed by atoms with Gasteiger partial charge in [-0.15, -0.1) is 0 Å². The van der Waals surface area contributed by atoms with Gasteiger partial charge in [-0.1, -0.05) is 18.5 Å². The number of ketones is 2. The normalized spacial score (nSPS) is 28.0. The lowest BCUT2D eigenvalue weighted by Gasteiger charge is -2.50. The van der Waals surface area contributed by atoms with E-state index < -0.39 is 58.0 Å². The third-order valence-electron chi connectivity index (χ3n) is 8.49. The molecule has 10 nitrogen and oxygen atoms in total. The number of aromatic hydroxyl groups is 1. The number of Topliss-reactive ketones (excluding diaryl/α,β-unsaturated/α-hetero) is 2. The summed E-state index contributed by atoms with van der Waals surface area (Å²) in [6, 6.07) is 0.578. The Kier molecular flexibility index (Phi) is 7.15. The monoisotopic (exact) mass is 547 g/mol. The summed E-state index contributed by atoms with van der Waals surface area (Å²) >= 11 is 6.80. The van der Waals surface area contributed by atoms with Crippen molar-refractivity contribution in [2.75, 3.05) is 21.1 Å². The van der Waals surface area contributed by atoms with Gasteiger partial charge in [-0.25, -0.2) is 0 Å². The topological polar surface area (TPSA) is 165 Å². The highest BCUT2D eigenvalue weighted by atomic mass is 35.5. The highest BCUT2D eigenvalue weighted by Crippen LogP contribution is 2.53. The van der Waals surface area contributed by atoms with Gasteiger partial charge in [0.15, 0.2) is 11.4 Å². The van der Waals surface area contributed by atoms with E-state index in [1.165, 1.54) is 11.0 Å².